The van der Waals surface area contributed by atoms with Crippen LogP contribution in [0.5, 0.6) is 11.5 Å². The molecular formula is C124H169Cl2F4N9O11. The molecule has 150 heavy (non-hydrogen) atoms. The van der Waals surface area contributed by atoms with Gasteiger partial charge in [0.25, 0.3) is 0 Å². The number of rotatable bonds is 39. The highest BCUT2D eigenvalue weighted by Crippen LogP contribution is 2.31. The summed E-state index contributed by atoms with van der Waals surface area (Å²) in [6, 6.07) is 48.9. The fraction of sp³-hybridized carbons (Fsp3) is 0.540. The summed E-state index contributed by atoms with van der Waals surface area (Å²) in [5.41, 5.74) is 8.32. The molecule has 2 unspecified atom stereocenters. The van der Waals surface area contributed by atoms with Crippen molar-refractivity contribution in [1.29, 1.82) is 0 Å². The van der Waals surface area contributed by atoms with E-state index in [1.54, 1.807) is 81.8 Å². The third-order valence-corrected chi connectivity index (χ3v) is 29.8. The van der Waals surface area contributed by atoms with Gasteiger partial charge in [-0.05, 0) is 349 Å². The molecule has 0 aliphatic carbocycles. The molecule has 16 rings (SSSR count). The summed E-state index contributed by atoms with van der Waals surface area (Å²) in [5, 5.41) is 0.900. The monoisotopic (exact) mass is 2110 g/mol. The van der Waals surface area contributed by atoms with Crippen molar-refractivity contribution in [1.82, 2.24) is 39.2 Å². The van der Waals surface area contributed by atoms with Crippen molar-refractivity contribution >= 4 is 80.9 Å². The standard InChI is InChI=1S/C17H24FNO.C17H23NO2.C16H24N2O.C16H23NO3.C15H20FNO.C15H21NO.C14H17Cl2NO.C14H17F2NO/c1-2-6-15(13-19-11-4-3-5-12-19)17(20)14-7-9-16(18)10-8-14;1-14(19)12-15-6-5-7-16(13-15)17(20)8-11-18-9-3-2-4-10-18;1-17(2)15-8-6-7-14(13-15)16(19)9-12-18-10-4-3-5-11-18;1-19-15-7-6-13(12-16(15)20-2)14(18)8-11-17-9-4-3-5-10-17;1-12(11-17-9-3-2-4-10-17)15(18)13-5-7-14(16)8-6-13;1-13-5-7-14(8-6-13)15(17)9-12-16-10-3-2-4-11-16;15-11-5-4-6-12(16)14(11)13(18)7-10-17-8-2-1-3-9-17;15-12-5-4-11(10-13(12)16)14(18)6-9-17-7-2-1-3-8-17/h7-10,15H,2-6,11-13H2,1H3;5-7,13H,2-4,8-12H2,1H3;6-8,13H,3-5,9-12H2,1-2H3;6-7,12H,3-5,8-11H2,1-2H3;5-8,12H,2-4,9-11H2,1H3;5-8H,2-4,9-12H2,1H3;4-6H,1-3,7-10H2;4-5,10H,1-3,6-9H2. The van der Waals surface area contributed by atoms with Crippen molar-refractivity contribution in [3.05, 3.63) is 265 Å². The molecule has 818 valence electrons. The Morgan fingerprint density at radius 2 is 0.653 bits per heavy atom. The molecule has 0 spiro atoms. The molecule has 8 aromatic carbocycles. The SMILES string of the molecule is CC(=O)Cc1cccc(C(=O)CCN2CCCCC2)c1.CC(CN1CCCCC1)C(=O)c1ccc(F)cc1.CCCC(CN1CCCCC1)C(=O)c1ccc(F)cc1.CN(C)c1cccc(C(=O)CCN2CCCCC2)c1.COc1ccc(C(=O)CCN2CCCCC2)cc1OC.Cc1ccc(C(=O)CCN2CCCCC2)cc1.O=C(CCN1CCCCC1)c1c(Cl)cccc1Cl.O=C(CCN1CCCCC1)c1ccc(F)c(F)c1. The second-order valence-electron chi connectivity index (χ2n) is 41.5. The molecule has 0 bridgehead atoms. The van der Waals surface area contributed by atoms with Gasteiger partial charge in [-0.3, -0.25) is 43.2 Å². The van der Waals surface area contributed by atoms with Crippen molar-refractivity contribution in [3.8, 4) is 11.5 Å². The highest BCUT2D eigenvalue weighted by molar-refractivity contribution is 6.39. The maximum absolute atomic E-state index is 13.0. The molecule has 8 saturated heterocycles. The van der Waals surface area contributed by atoms with Crippen LogP contribution in [-0.2, 0) is 11.2 Å². The smallest absolute Gasteiger partial charge is 0.167 e. The van der Waals surface area contributed by atoms with Crippen LogP contribution in [0.4, 0.5) is 23.2 Å². The number of piperidine rings is 8. The Kier molecular flexibility index (Phi) is 57.5. The Balaban J connectivity index is 0.000000190. The molecular weight excluding hydrogens is 1940 g/mol. The summed E-state index contributed by atoms with van der Waals surface area (Å²) >= 11 is 12.1. The van der Waals surface area contributed by atoms with Crippen LogP contribution in [0.1, 0.15) is 320 Å². The fourth-order valence-corrected chi connectivity index (χ4v) is 20.9. The van der Waals surface area contributed by atoms with E-state index >= 15 is 0 Å². The molecule has 0 radical (unpaired) electrons. The number of benzene rings is 8. The minimum atomic E-state index is -0.959. The van der Waals surface area contributed by atoms with Gasteiger partial charge in [-0.15, -0.1) is 0 Å². The zero-order valence-electron chi connectivity index (χ0n) is 91.0. The first kappa shape index (κ1) is 124. The quantitative estimate of drug-likeness (QED) is 0.0260. The van der Waals surface area contributed by atoms with Crippen LogP contribution < -0.4 is 14.4 Å². The third-order valence-electron chi connectivity index (χ3n) is 29.2. The topological polar surface area (TPSA) is 201 Å². The predicted octanol–water partition coefficient (Wildman–Crippen LogP) is 25.6. The number of ether oxygens (including phenoxy) is 2. The van der Waals surface area contributed by atoms with Crippen LogP contribution in [0, 0.1) is 42.0 Å². The number of methoxy groups -OCH3 is 2. The summed E-state index contributed by atoms with van der Waals surface area (Å²) in [6.45, 7) is 32.2. The van der Waals surface area contributed by atoms with Crippen LogP contribution in [0.3, 0.4) is 0 Å². The zero-order valence-corrected chi connectivity index (χ0v) is 92.5. The van der Waals surface area contributed by atoms with Gasteiger partial charge in [0.1, 0.15) is 17.4 Å². The summed E-state index contributed by atoms with van der Waals surface area (Å²) in [7, 11) is 7.17. The number of carbonyl (C=O) groups is 9. The molecule has 8 aromatic rings. The number of Topliss-reactive ketones (excluding diaryl/α,β-unsaturated/α-hetero) is 9. The number of aryl methyl sites for hydroxylation is 1. The minimum Gasteiger partial charge on any atom is -0.493 e. The van der Waals surface area contributed by atoms with Gasteiger partial charge in [-0.2, -0.15) is 0 Å². The van der Waals surface area contributed by atoms with Crippen LogP contribution in [0.15, 0.2) is 176 Å². The van der Waals surface area contributed by atoms with Crippen LogP contribution in [0.2, 0.25) is 10.0 Å². The number of hydrogen-bond acceptors (Lipinski definition) is 20. The molecule has 26 heteroatoms. The van der Waals surface area contributed by atoms with Crippen molar-refractivity contribution in [2.24, 2.45) is 11.8 Å². The largest absolute Gasteiger partial charge is 0.493 e. The Bertz CT molecular complexity index is 5360. The molecule has 0 N–H and O–H groups in total. The first-order valence-electron chi connectivity index (χ1n) is 55.6. The molecule has 0 aromatic heterocycles. The first-order chi connectivity index (χ1) is 72.5. The number of anilines is 1. The molecule has 0 saturated carbocycles. The van der Waals surface area contributed by atoms with Crippen LogP contribution >= 0.6 is 23.2 Å². The zero-order chi connectivity index (χ0) is 108. The van der Waals surface area contributed by atoms with E-state index in [2.05, 4.69) is 46.1 Å². The molecule has 20 nitrogen and oxygen atoms in total. The normalized spacial score (nSPS) is 16.9. The maximum Gasteiger partial charge on any atom is 0.167 e. The number of nitrogens with zero attached hydrogens (tertiary/aromatic N) is 9. The van der Waals surface area contributed by atoms with Crippen LogP contribution in [0.25, 0.3) is 0 Å². The van der Waals surface area contributed by atoms with Crippen molar-refractivity contribution in [2.45, 2.75) is 240 Å². The lowest BCUT2D eigenvalue weighted by Gasteiger charge is -2.29. The first-order valence-corrected chi connectivity index (χ1v) is 56.4. The predicted molar refractivity (Wildman–Crippen MR) is 600 cm³/mol. The van der Waals surface area contributed by atoms with Gasteiger partial charge in [0, 0.05) is 168 Å². The number of likely N-dealkylation sites (tertiary alicyclic amines) is 8. The molecule has 8 fully saturated rings. The van der Waals surface area contributed by atoms with Gasteiger partial charge in [0.2, 0.25) is 0 Å². The molecule has 8 heterocycles. The van der Waals surface area contributed by atoms with Gasteiger partial charge < -0.3 is 53.6 Å². The van der Waals surface area contributed by atoms with Gasteiger partial charge in [-0.1, -0.05) is 161 Å². The lowest BCUT2D eigenvalue weighted by atomic mass is 9.92. The maximum atomic E-state index is 13.0. The van der Waals surface area contributed by atoms with E-state index in [9.17, 15) is 60.7 Å². The number of halogens is 6. The summed E-state index contributed by atoms with van der Waals surface area (Å²) < 4.78 is 61.9. The summed E-state index contributed by atoms with van der Waals surface area (Å²) in [5.74, 6) is 0.0219. The van der Waals surface area contributed by atoms with E-state index in [1.165, 1.54) is 203 Å². The van der Waals surface area contributed by atoms with E-state index in [4.69, 9.17) is 32.7 Å². The van der Waals surface area contributed by atoms with E-state index in [1.807, 2.05) is 106 Å². The van der Waals surface area contributed by atoms with Crippen LogP contribution in [-0.4, -0.2) is 277 Å². The third kappa shape index (κ3) is 46.2. The minimum absolute atomic E-state index is 0.0199. The van der Waals surface area contributed by atoms with E-state index in [0.717, 1.165) is 190 Å². The second kappa shape index (κ2) is 69.8. The Labute approximate surface area is 902 Å². The van der Waals surface area contributed by atoms with Gasteiger partial charge in [-0.25, -0.2) is 17.6 Å². The highest BCUT2D eigenvalue weighted by Gasteiger charge is 2.28. The summed E-state index contributed by atoms with van der Waals surface area (Å²) in [4.78, 5) is 129. The number of ketones is 9. The highest BCUT2D eigenvalue weighted by atomic mass is 35.5. The van der Waals surface area contributed by atoms with E-state index < -0.39 is 11.6 Å². The van der Waals surface area contributed by atoms with E-state index in [0.29, 0.717) is 95.3 Å². The molecule has 2 atom stereocenters. The van der Waals surface area contributed by atoms with E-state index in [-0.39, 0.29) is 81.1 Å². The Hall–Kier alpha value is -9.83. The van der Waals surface area contributed by atoms with Gasteiger partial charge in [0.15, 0.2) is 69.4 Å². The fourth-order valence-electron chi connectivity index (χ4n) is 20.3. The average molecular weight is 2110 g/mol. The average Bonchev–Trinajstić information content (AvgIpc) is 0.845. The lowest BCUT2D eigenvalue weighted by Crippen LogP contribution is -2.36. The number of hydrogen-bond donors (Lipinski definition) is 0. The molecule has 8 aliphatic heterocycles. The van der Waals surface area contributed by atoms with Crippen molar-refractivity contribution in [3.63, 3.8) is 0 Å². The molecule has 8 aliphatic rings. The summed E-state index contributed by atoms with van der Waals surface area (Å²) in [6.07, 6.45) is 36.1. The van der Waals surface area contributed by atoms with Crippen molar-refractivity contribution in [2.75, 3.05) is 190 Å². The van der Waals surface area contributed by atoms with Gasteiger partial charge >= 0.3 is 0 Å². The Morgan fingerprint density at radius 1 is 0.333 bits per heavy atom. The lowest BCUT2D eigenvalue weighted by molar-refractivity contribution is -0.116. The second-order valence-corrected chi connectivity index (χ2v) is 42.3. The van der Waals surface area contributed by atoms with Crippen molar-refractivity contribution < 1.29 is 70.2 Å². The molecule has 0 amide bonds. The Morgan fingerprint density at radius 3 is 1.03 bits per heavy atom. The van der Waals surface area contributed by atoms with Gasteiger partial charge in [0.05, 0.1) is 29.8 Å². The number of carbonyl (C=O) groups excluding carboxylic acids is 9.